The van der Waals surface area contributed by atoms with Crippen molar-refractivity contribution in [2.45, 2.75) is 17.1 Å². The van der Waals surface area contributed by atoms with Crippen LogP contribution in [0.25, 0.3) is 0 Å². The minimum absolute atomic E-state index is 0.205. The molecule has 0 bridgehead atoms. The number of likely N-dealkylation sites (tertiary alicyclic amines) is 1. The van der Waals surface area contributed by atoms with Gasteiger partial charge in [0.2, 0.25) is 0 Å². The first-order valence-electron chi connectivity index (χ1n) is 5.80. The van der Waals surface area contributed by atoms with Gasteiger partial charge in [0, 0.05) is 20.1 Å². The van der Waals surface area contributed by atoms with E-state index in [-0.39, 0.29) is 8.68 Å². The molecule has 1 aromatic rings. The van der Waals surface area contributed by atoms with Crippen molar-refractivity contribution in [3.8, 4) is 0 Å². The molecule has 0 aromatic carbocycles. The van der Waals surface area contributed by atoms with Crippen molar-refractivity contribution in [1.29, 1.82) is 0 Å². The normalized spacial score (nSPS) is 17.7. The molecule has 0 amide bonds. The molecule has 8 heteroatoms. The molecule has 1 saturated heterocycles. The van der Waals surface area contributed by atoms with Gasteiger partial charge in [0.1, 0.15) is 0 Å². The summed E-state index contributed by atoms with van der Waals surface area (Å²) in [7, 11) is -1.84. The van der Waals surface area contributed by atoms with E-state index in [0.717, 1.165) is 31.0 Å². The van der Waals surface area contributed by atoms with Crippen LogP contribution < -0.4 is 0 Å². The van der Waals surface area contributed by atoms with Crippen LogP contribution in [-0.4, -0.2) is 55.8 Å². The predicted molar refractivity (Wildman–Crippen MR) is 72.6 cm³/mol. The van der Waals surface area contributed by atoms with E-state index in [4.69, 9.17) is 11.6 Å². The molecule has 0 saturated carbocycles. The van der Waals surface area contributed by atoms with Crippen LogP contribution in [0.3, 0.4) is 0 Å². The minimum atomic E-state index is -3.43. The van der Waals surface area contributed by atoms with Gasteiger partial charge in [0.05, 0.1) is 6.20 Å². The zero-order valence-corrected chi connectivity index (χ0v) is 12.6. The summed E-state index contributed by atoms with van der Waals surface area (Å²) in [6, 6.07) is 0. The van der Waals surface area contributed by atoms with E-state index in [1.807, 2.05) is 0 Å². The third kappa shape index (κ3) is 3.21. The Balaban J connectivity index is 1.96. The number of sulfonamides is 1. The summed E-state index contributed by atoms with van der Waals surface area (Å²) in [5.74, 6) is 0. The molecule has 18 heavy (non-hydrogen) atoms. The smallest absolute Gasteiger partial charge is 0.254 e. The highest BCUT2D eigenvalue weighted by atomic mass is 35.5. The lowest BCUT2D eigenvalue weighted by Gasteiger charge is -2.20. The van der Waals surface area contributed by atoms with Gasteiger partial charge in [-0.1, -0.05) is 22.9 Å². The van der Waals surface area contributed by atoms with E-state index in [1.165, 1.54) is 23.3 Å². The van der Waals surface area contributed by atoms with Crippen molar-refractivity contribution in [2.24, 2.45) is 0 Å². The van der Waals surface area contributed by atoms with Crippen molar-refractivity contribution in [3.63, 3.8) is 0 Å². The Labute approximate surface area is 116 Å². The number of rotatable bonds is 5. The Bertz CT molecular complexity index is 497. The number of thiazole rings is 1. The lowest BCUT2D eigenvalue weighted by Crippen LogP contribution is -2.34. The Morgan fingerprint density at radius 1 is 1.50 bits per heavy atom. The van der Waals surface area contributed by atoms with Crippen molar-refractivity contribution in [2.75, 3.05) is 33.2 Å². The molecule has 0 spiro atoms. The van der Waals surface area contributed by atoms with E-state index in [0.29, 0.717) is 6.54 Å². The fourth-order valence-electron chi connectivity index (χ4n) is 1.92. The van der Waals surface area contributed by atoms with Crippen molar-refractivity contribution in [3.05, 3.63) is 10.7 Å². The first-order chi connectivity index (χ1) is 8.50. The molecule has 1 aliphatic rings. The third-order valence-electron chi connectivity index (χ3n) is 3.05. The topological polar surface area (TPSA) is 53.5 Å². The molecular formula is C10H16ClN3O2S2. The maximum absolute atomic E-state index is 12.2. The van der Waals surface area contributed by atoms with Crippen LogP contribution in [0.5, 0.6) is 0 Å². The summed E-state index contributed by atoms with van der Waals surface area (Å²) in [6.45, 7) is 3.42. The van der Waals surface area contributed by atoms with Crippen LogP contribution >= 0.6 is 22.9 Å². The molecule has 0 N–H and O–H groups in total. The van der Waals surface area contributed by atoms with Gasteiger partial charge >= 0.3 is 0 Å². The Morgan fingerprint density at radius 2 is 2.17 bits per heavy atom. The fraction of sp³-hybridized carbons (Fsp3) is 0.700. The third-order valence-corrected chi connectivity index (χ3v) is 6.46. The first-order valence-corrected chi connectivity index (χ1v) is 8.43. The van der Waals surface area contributed by atoms with E-state index in [2.05, 4.69) is 9.88 Å². The SMILES string of the molecule is CN(CCN1CCCC1)S(=O)(=O)c1cnc(Cl)s1. The van der Waals surface area contributed by atoms with Gasteiger partial charge in [-0.15, -0.1) is 0 Å². The predicted octanol–water partition coefficient (Wildman–Crippen LogP) is 1.51. The second kappa shape index (κ2) is 5.83. The van der Waals surface area contributed by atoms with Crippen LogP contribution in [0.15, 0.2) is 10.4 Å². The van der Waals surface area contributed by atoms with Crippen LogP contribution in [0.4, 0.5) is 0 Å². The molecule has 5 nitrogen and oxygen atoms in total. The molecular weight excluding hydrogens is 294 g/mol. The second-order valence-corrected chi connectivity index (χ2v) is 8.19. The summed E-state index contributed by atoms with van der Waals surface area (Å²) in [5, 5.41) is 0. The monoisotopic (exact) mass is 309 g/mol. The highest BCUT2D eigenvalue weighted by Crippen LogP contribution is 2.24. The quantitative estimate of drug-likeness (QED) is 0.827. The maximum atomic E-state index is 12.2. The number of halogens is 1. The Morgan fingerprint density at radius 3 is 2.72 bits per heavy atom. The molecule has 1 fully saturated rings. The molecule has 1 aromatic heterocycles. The largest absolute Gasteiger partial charge is 0.302 e. The molecule has 0 radical (unpaired) electrons. The molecule has 0 aliphatic carbocycles. The van der Waals surface area contributed by atoms with E-state index < -0.39 is 10.0 Å². The van der Waals surface area contributed by atoms with Gasteiger partial charge in [0.25, 0.3) is 10.0 Å². The molecule has 2 rings (SSSR count). The number of nitrogens with zero attached hydrogens (tertiary/aromatic N) is 3. The summed E-state index contributed by atoms with van der Waals surface area (Å²) in [5.41, 5.74) is 0. The van der Waals surface area contributed by atoms with Crippen molar-refractivity contribution in [1.82, 2.24) is 14.2 Å². The van der Waals surface area contributed by atoms with E-state index in [9.17, 15) is 8.42 Å². The highest BCUT2D eigenvalue weighted by molar-refractivity contribution is 7.91. The molecule has 2 heterocycles. The van der Waals surface area contributed by atoms with Gasteiger partial charge in [-0.25, -0.2) is 13.4 Å². The second-order valence-electron chi connectivity index (χ2n) is 4.31. The molecule has 0 atom stereocenters. The summed E-state index contributed by atoms with van der Waals surface area (Å²) < 4.78 is 26.2. The average molecular weight is 310 g/mol. The summed E-state index contributed by atoms with van der Waals surface area (Å²) in [6.07, 6.45) is 3.73. The van der Waals surface area contributed by atoms with Gasteiger partial charge in [0.15, 0.2) is 8.68 Å². The molecule has 0 unspecified atom stereocenters. The van der Waals surface area contributed by atoms with Gasteiger partial charge in [-0.3, -0.25) is 0 Å². The zero-order valence-electron chi connectivity index (χ0n) is 10.2. The van der Waals surface area contributed by atoms with E-state index >= 15 is 0 Å². The van der Waals surface area contributed by atoms with Gasteiger partial charge in [-0.05, 0) is 25.9 Å². The van der Waals surface area contributed by atoms with Crippen LogP contribution in [0.1, 0.15) is 12.8 Å². The van der Waals surface area contributed by atoms with Crippen molar-refractivity contribution < 1.29 is 8.42 Å². The maximum Gasteiger partial charge on any atom is 0.254 e. The number of hydrogen-bond donors (Lipinski definition) is 0. The number of likely N-dealkylation sites (N-methyl/N-ethyl adjacent to an activating group) is 1. The van der Waals surface area contributed by atoms with Crippen LogP contribution in [0.2, 0.25) is 4.47 Å². The molecule has 1 aliphatic heterocycles. The Kier molecular flexibility index (Phi) is 4.60. The fourth-order valence-corrected chi connectivity index (χ4v) is 4.59. The number of aromatic nitrogens is 1. The van der Waals surface area contributed by atoms with Gasteiger partial charge in [-0.2, -0.15) is 4.31 Å². The lowest BCUT2D eigenvalue weighted by atomic mass is 10.4. The summed E-state index contributed by atoms with van der Waals surface area (Å²) >= 11 is 6.66. The van der Waals surface area contributed by atoms with Crippen LogP contribution in [-0.2, 0) is 10.0 Å². The number of hydrogen-bond acceptors (Lipinski definition) is 5. The average Bonchev–Trinajstić information content (AvgIpc) is 2.96. The zero-order chi connectivity index (χ0) is 13.2. The minimum Gasteiger partial charge on any atom is -0.302 e. The van der Waals surface area contributed by atoms with E-state index in [1.54, 1.807) is 7.05 Å². The van der Waals surface area contributed by atoms with Crippen molar-refractivity contribution >= 4 is 33.0 Å². The standard InChI is InChI=1S/C10H16ClN3O2S2/c1-13(6-7-14-4-2-3-5-14)18(15,16)9-8-12-10(11)17-9/h8H,2-7H2,1H3. The Hall–Kier alpha value is -0.210. The van der Waals surface area contributed by atoms with Gasteiger partial charge < -0.3 is 4.90 Å². The first kappa shape index (κ1) is 14.2. The van der Waals surface area contributed by atoms with Crippen LogP contribution in [0, 0.1) is 0 Å². The highest BCUT2D eigenvalue weighted by Gasteiger charge is 2.24. The lowest BCUT2D eigenvalue weighted by molar-refractivity contribution is 0.310. The molecule has 102 valence electrons. The summed E-state index contributed by atoms with van der Waals surface area (Å²) in [4.78, 5) is 6.05.